The van der Waals surface area contributed by atoms with Crippen molar-refractivity contribution in [2.24, 2.45) is 0 Å². The number of hydrogen-bond acceptors (Lipinski definition) is 3. The summed E-state index contributed by atoms with van der Waals surface area (Å²) in [6.45, 7) is 8.79. The molecule has 0 amide bonds. The maximum absolute atomic E-state index is 11.8. The predicted octanol–water partition coefficient (Wildman–Crippen LogP) is 3.93. The highest BCUT2D eigenvalue weighted by molar-refractivity contribution is 8.14. The van der Waals surface area contributed by atoms with Crippen LogP contribution >= 0.6 is 10.7 Å². The number of fused-ring (bicyclic) bond motifs is 1. The van der Waals surface area contributed by atoms with Gasteiger partial charge in [-0.2, -0.15) is 0 Å². The van der Waals surface area contributed by atoms with Crippen molar-refractivity contribution in [2.75, 3.05) is 6.61 Å². The van der Waals surface area contributed by atoms with Gasteiger partial charge in [0.15, 0.2) is 0 Å². The summed E-state index contributed by atoms with van der Waals surface area (Å²) in [5.74, 6) is 0.536. The number of halogens is 1. The van der Waals surface area contributed by atoms with Gasteiger partial charge in [-0.25, -0.2) is 8.42 Å². The van der Waals surface area contributed by atoms with E-state index in [4.69, 9.17) is 15.4 Å². The van der Waals surface area contributed by atoms with Crippen LogP contribution < -0.4 is 4.74 Å². The smallest absolute Gasteiger partial charge is 0.263 e. The largest absolute Gasteiger partial charge is 0.493 e. The molecule has 0 spiro atoms. The molecule has 21 heavy (non-hydrogen) atoms. The van der Waals surface area contributed by atoms with Gasteiger partial charge in [0.1, 0.15) is 10.6 Å². The van der Waals surface area contributed by atoms with Gasteiger partial charge in [0, 0.05) is 23.4 Å². The molecule has 0 radical (unpaired) electrons. The Morgan fingerprint density at radius 3 is 2.71 bits per heavy atom. The Bertz CT molecular complexity index is 778. The van der Waals surface area contributed by atoms with E-state index in [1.807, 2.05) is 30.5 Å². The quantitative estimate of drug-likeness (QED) is 0.596. The van der Waals surface area contributed by atoms with Crippen LogP contribution in [0.4, 0.5) is 0 Å². The number of benzene rings is 1. The minimum Gasteiger partial charge on any atom is -0.493 e. The first-order valence-electron chi connectivity index (χ1n) is 6.68. The maximum Gasteiger partial charge on any atom is 0.263 e. The summed E-state index contributed by atoms with van der Waals surface area (Å²) in [5.41, 5.74) is 1.69. The molecular weight excluding hydrogens is 310 g/mol. The van der Waals surface area contributed by atoms with Crippen molar-refractivity contribution in [2.45, 2.75) is 31.7 Å². The summed E-state index contributed by atoms with van der Waals surface area (Å²) in [6, 6.07) is 5.45. The Balaban J connectivity index is 2.72. The van der Waals surface area contributed by atoms with Gasteiger partial charge in [0.05, 0.1) is 17.5 Å². The summed E-state index contributed by atoms with van der Waals surface area (Å²) >= 11 is 0. The molecule has 0 aliphatic rings. The molecule has 0 aliphatic heterocycles. The summed E-state index contributed by atoms with van der Waals surface area (Å²) in [5, 5.41) is 0.530. The molecule has 0 aliphatic carbocycles. The molecule has 0 atom stereocenters. The van der Waals surface area contributed by atoms with Crippen LogP contribution in [0.2, 0.25) is 0 Å². The minimum absolute atomic E-state index is 0.0760. The van der Waals surface area contributed by atoms with Crippen LogP contribution in [-0.2, 0) is 15.6 Å². The van der Waals surface area contributed by atoms with Crippen molar-refractivity contribution in [1.82, 2.24) is 4.57 Å². The third-order valence-electron chi connectivity index (χ3n) is 3.00. The molecule has 0 saturated carbocycles. The highest BCUT2D eigenvalue weighted by Gasteiger charge is 2.22. The van der Waals surface area contributed by atoms with E-state index in [1.54, 1.807) is 12.3 Å². The molecular formula is C15H18ClNO3S. The van der Waals surface area contributed by atoms with Gasteiger partial charge in [-0.15, -0.1) is 0 Å². The zero-order valence-corrected chi connectivity index (χ0v) is 13.7. The average molecular weight is 328 g/mol. The Hall–Kier alpha value is -1.46. The molecule has 1 aromatic heterocycles. The van der Waals surface area contributed by atoms with Crippen LogP contribution in [0.1, 0.15) is 20.3 Å². The Kier molecular flexibility index (Phi) is 4.64. The molecule has 0 saturated heterocycles. The van der Waals surface area contributed by atoms with Crippen molar-refractivity contribution >= 4 is 30.6 Å². The second kappa shape index (κ2) is 6.12. The van der Waals surface area contributed by atoms with Crippen molar-refractivity contribution in [1.29, 1.82) is 0 Å². The van der Waals surface area contributed by atoms with Crippen molar-refractivity contribution in [3.05, 3.63) is 36.5 Å². The number of hydrogen-bond donors (Lipinski definition) is 0. The Labute approximate surface area is 129 Å². The molecule has 1 heterocycles. The lowest BCUT2D eigenvalue weighted by atomic mass is 10.2. The van der Waals surface area contributed by atoms with E-state index in [1.165, 1.54) is 0 Å². The van der Waals surface area contributed by atoms with Gasteiger partial charge in [-0.3, -0.25) is 0 Å². The third-order valence-corrected chi connectivity index (χ3v) is 4.33. The van der Waals surface area contributed by atoms with Crippen LogP contribution in [0.3, 0.4) is 0 Å². The first-order chi connectivity index (χ1) is 9.84. The number of nitrogens with zero attached hydrogens (tertiary/aromatic N) is 1. The lowest BCUT2D eigenvalue weighted by Gasteiger charge is -2.08. The minimum atomic E-state index is -3.85. The van der Waals surface area contributed by atoms with Crippen LogP contribution in [-0.4, -0.2) is 19.6 Å². The molecule has 6 heteroatoms. The summed E-state index contributed by atoms with van der Waals surface area (Å²) < 4.78 is 31.2. The summed E-state index contributed by atoms with van der Waals surface area (Å²) in [7, 11) is 1.72. The zero-order chi connectivity index (χ0) is 15.6. The van der Waals surface area contributed by atoms with E-state index in [-0.39, 0.29) is 4.90 Å². The number of allylic oxidation sites excluding steroid dienone is 1. The molecule has 2 aromatic rings. The van der Waals surface area contributed by atoms with E-state index in [0.717, 1.165) is 17.5 Å². The van der Waals surface area contributed by atoms with Gasteiger partial charge in [-0.1, -0.05) is 25.1 Å². The fraction of sp³-hybridized carbons (Fsp3) is 0.333. The topological polar surface area (TPSA) is 48.3 Å². The fourth-order valence-electron chi connectivity index (χ4n) is 2.22. The first-order valence-corrected chi connectivity index (χ1v) is 8.99. The Morgan fingerprint density at radius 1 is 1.43 bits per heavy atom. The molecule has 1 aromatic carbocycles. The van der Waals surface area contributed by atoms with E-state index in [0.29, 0.717) is 24.3 Å². The highest BCUT2D eigenvalue weighted by Crippen LogP contribution is 2.35. The average Bonchev–Trinajstić information content (AvgIpc) is 2.75. The lowest BCUT2D eigenvalue weighted by Crippen LogP contribution is -1.98. The molecule has 0 unspecified atom stereocenters. The van der Waals surface area contributed by atoms with E-state index >= 15 is 0 Å². The van der Waals surface area contributed by atoms with Crippen molar-refractivity contribution in [3.63, 3.8) is 0 Å². The second-order valence-corrected chi connectivity index (χ2v) is 7.55. The number of rotatable bonds is 6. The van der Waals surface area contributed by atoms with Crippen LogP contribution in [0.5, 0.6) is 5.75 Å². The van der Waals surface area contributed by atoms with Gasteiger partial charge in [0.2, 0.25) is 0 Å². The fourth-order valence-corrected chi connectivity index (χ4v) is 3.27. The second-order valence-electron chi connectivity index (χ2n) is 5.01. The molecule has 2 rings (SSSR count). The summed E-state index contributed by atoms with van der Waals surface area (Å²) in [4.78, 5) is 0.0760. The lowest BCUT2D eigenvalue weighted by molar-refractivity contribution is 0.321. The van der Waals surface area contributed by atoms with Crippen LogP contribution in [0.15, 0.2) is 41.4 Å². The SMILES string of the molecule is C=C(C)Cn1cc(S(=O)(=O)Cl)c2c(OCCC)cccc21. The van der Waals surface area contributed by atoms with Crippen LogP contribution in [0, 0.1) is 0 Å². The highest BCUT2D eigenvalue weighted by atomic mass is 35.7. The summed E-state index contributed by atoms with van der Waals surface area (Å²) in [6.07, 6.45) is 2.38. The van der Waals surface area contributed by atoms with Gasteiger partial charge in [0.25, 0.3) is 9.05 Å². The molecule has 4 nitrogen and oxygen atoms in total. The predicted molar refractivity (Wildman–Crippen MR) is 85.6 cm³/mol. The third kappa shape index (κ3) is 3.41. The van der Waals surface area contributed by atoms with Gasteiger partial charge < -0.3 is 9.30 Å². The Morgan fingerprint density at radius 2 is 2.14 bits per heavy atom. The zero-order valence-electron chi connectivity index (χ0n) is 12.1. The van der Waals surface area contributed by atoms with Crippen LogP contribution in [0.25, 0.3) is 10.9 Å². The van der Waals surface area contributed by atoms with E-state index < -0.39 is 9.05 Å². The van der Waals surface area contributed by atoms with E-state index in [2.05, 4.69) is 6.58 Å². The van der Waals surface area contributed by atoms with Gasteiger partial charge >= 0.3 is 0 Å². The molecule has 0 N–H and O–H groups in total. The first kappa shape index (κ1) is 15.9. The molecule has 0 fully saturated rings. The van der Waals surface area contributed by atoms with Crippen molar-refractivity contribution < 1.29 is 13.2 Å². The maximum atomic E-state index is 11.8. The number of aromatic nitrogens is 1. The molecule has 114 valence electrons. The van der Waals surface area contributed by atoms with Crippen molar-refractivity contribution in [3.8, 4) is 5.75 Å². The standard InChI is InChI=1S/C15H18ClNO3S/c1-4-8-20-13-7-5-6-12-15(13)14(21(16,18)19)10-17(12)9-11(2)3/h5-7,10H,2,4,8-9H2,1,3H3. The molecule has 0 bridgehead atoms. The normalized spacial score (nSPS) is 11.8. The number of ether oxygens (including phenoxy) is 1. The monoisotopic (exact) mass is 327 g/mol. The van der Waals surface area contributed by atoms with Gasteiger partial charge in [-0.05, 0) is 25.5 Å². The van der Waals surface area contributed by atoms with E-state index in [9.17, 15) is 8.42 Å².